The van der Waals surface area contributed by atoms with Crippen LogP contribution in [0.3, 0.4) is 0 Å². The van der Waals surface area contributed by atoms with Crippen LogP contribution in [0.4, 0.5) is 5.69 Å². The lowest BCUT2D eigenvalue weighted by Crippen LogP contribution is -2.27. The summed E-state index contributed by atoms with van der Waals surface area (Å²) in [6.07, 6.45) is 9.56. The van der Waals surface area contributed by atoms with Gasteiger partial charge in [-0.05, 0) is 12.1 Å². The molecule has 3 heterocycles. The summed E-state index contributed by atoms with van der Waals surface area (Å²) in [6.45, 7) is 1.67. The van der Waals surface area contributed by atoms with E-state index < -0.39 is 0 Å². The Hall–Kier alpha value is -3.00. The van der Waals surface area contributed by atoms with Gasteiger partial charge in [0.1, 0.15) is 12.5 Å². The van der Waals surface area contributed by atoms with Crippen molar-refractivity contribution < 1.29 is 13.6 Å². The predicted molar refractivity (Wildman–Crippen MR) is 84.6 cm³/mol. The molecule has 0 aliphatic rings. The van der Waals surface area contributed by atoms with Crippen molar-refractivity contribution in [3.05, 3.63) is 61.2 Å². The fourth-order valence-corrected chi connectivity index (χ4v) is 2.22. The minimum Gasteiger partial charge on any atom is -0.451 e. The van der Waals surface area contributed by atoms with Crippen molar-refractivity contribution in [2.45, 2.75) is 19.5 Å². The Kier molecular flexibility index (Phi) is 5.31. The van der Waals surface area contributed by atoms with Crippen LogP contribution in [0.2, 0.25) is 0 Å². The molecule has 0 fully saturated rings. The number of pyridine rings is 1. The van der Waals surface area contributed by atoms with E-state index in [0.717, 1.165) is 11.4 Å². The number of hydrogen-bond acceptors (Lipinski definition) is 7. The van der Waals surface area contributed by atoms with Gasteiger partial charge in [-0.2, -0.15) is 0 Å². The van der Waals surface area contributed by atoms with Gasteiger partial charge < -0.3 is 14.2 Å². The molecule has 1 N–H and O–H groups in total. The van der Waals surface area contributed by atoms with Crippen LogP contribution in [-0.4, -0.2) is 32.3 Å². The van der Waals surface area contributed by atoms with Gasteiger partial charge in [0.25, 0.3) is 0 Å². The Balaban J connectivity index is 1.55. The molecule has 0 unspecified atom stereocenters. The highest BCUT2D eigenvalue weighted by Gasteiger charge is 2.13. The average Bonchev–Trinajstić information content (AvgIpc) is 3.27. The molecule has 24 heavy (non-hydrogen) atoms. The Morgan fingerprint density at radius 2 is 1.83 bits per heavy atom. The van der Waals surface area contributed by atoms with Gasteiger partial charge in [0.15, 0.2) is 12.8 Å². The fourth-order valence-electron chi connectivity index (χ4n) is 2.22. The molecule has 0 saturated heterocycles. The maximum atomic E-state index is 12.1. The molecule has 0 spiro atoms. The van der Waals surface area contributed by atoms with Crippen LogP contribution in [0.5, 0.6) is 0 Å². The molecule has 3 rings (SSSR count). The quantitative estimate of drug-likeness (QED) is 0.676. The van der Waals surface area contributed by atoms with E-state index in [0.29, 0.717) is 31.7 Å². The van der Waals surface area contributed by atoms with E-state index >= 15 is 0 Å². The van der Waals surface area contributed by atoms with Crippen molar-refractivity contribution in [1.82, 2.24) is 19.9 Å². The van der Waals surface area contributed by atoms with E-state index in [1.165, 1.54) is 12.8 Å². The number of oxazole rings is 2. The molecule has 0 aliphatic carbocycles. The standard InChI is InChI=1S/C16H17N5O3/c22-16(20-13-2-1-4-17-6-13)3-5-21(7-14-9-23-11-18-14)8-15-10-24-12-19-15/h1-2,4,6,9-12H,3,5,7-8H2,(H,20,22). The summed E-state index contributed by atoms with van der Waals surface area (Å²) in [4.78, 5) is 26.4. The van der Waals surface area contributed by atoms with Crippen LogP contribution in [0.15, 0.2) is 58.7 Å². The summed E-state index contributed by atoms with van der Waals surface area (Å²) >= 11 is 0. The largest absolute Gasteiger partial charge is 0.451 e. The van der Waals surface area contributed by atoms with Gasteiger partial charge in [-0.15, -0.1) is 0 Å². The Morgan fingerprint density at radius 1 is 1.12 bits per heavy atom. The fraction of sp³-hybridized carbons (Fsp3) is 0.250. The molecular formula is C16H17N5O3. The maximum absolute atomic E-state index is 12.1. The third-order valence-corrected chi connectivity index (χ3v) is 3.34. The smallest absolute Gasteiger partial charge is 0.225 e. The van der Waals surface area contributed by atoms with E-state index in [1.54, 1.807) is 37.1 Å². The molecule has 1 amide bonds. The van der Waals surface area contributed by atoms with Crippen LogP contribution in [0, 0.1) is 0 Å². The van der Waals surface area contributed by atoms with Crippen LogP contribution in [-0.2, 0) is 17.9 Å². The van der Waals surface area contributed by atoms with Crippen molar-refractivity contribution in [2.24, 2.45) is 0 Å². The normalized spacial score (nSPS) is 10.9. The van der Waals surface area contributed by atoms with Crippen molar-refractivity contribution >= 4 is 11.6 Å². The van der Waals surface area contributed by atoms with Gasteiger partial charge >= 0.3 is 0 Å². The van der Waals surface area contributed by atoms with E-state index in [4.69, 9.17) is 8.83 Å². The Bertz CT molecular complexity index is 692. The number of nitrogens with one attached hydrogen (secondary N) is 1. The summed E-state index contributed by atoms with van der Waals surface area (Å²) in [7, 11) is 0. The highest BCUT2D eigenvalue weighted by molar-refractivity contribution is 5.90. The second-order valence-electron chi connectivity index (χ2n) is 5.21. The third kappa shape index (κ3) is 4.75. The molecule has 8 heteroatoms. The summed E-state index contributed by atoms with van der Waals surface area (Å²) in [6, 6.07) is 3.57. The second-order valence-corrected chi connectivity index (χ2v) is 5.21. The van der Waals surface area contributed by atoms with Gasteiger partial charge in [-0.1, -0.05) is 0 Å². The van der Waals surface area contributed by atoms with Crippen molar-refractivity contribution in [1.29, 1.82) is 0 Å². The van der Waals surface area contributed by atoms with Crippen LogP contribution in [0.25, 0.3) is 0 Å². The molecule has 3 aromatic rings. The number of anilines is 1. The van der Waals surface area contributed by atoms with Crippen LogP contribution >= 0.6 is 0 Å². The lowest BCUT2D eigenvalue weighted by molar-refractivity contribution is -0.116. The highest BCUT2D eigenvalue weighted by atomic mass is 16.3. The monoisotopic (exact) mass is 327 g/mol. The lowest BCUT2D eigenvalue weighted by atomic mass is 10.3. The molecule has 0 bridgehead atoms. The molecule has 124 valence electrons. The number of nitrogens with zero attached hydrogens (tertiary/aromatic N) is 4. The van der Waals surface area contributed by atoms with E-state index in [9.17, 15) is 4.79 Å². The number of carbonyl (C=O) groups excluding carboxylic acids is 1. The molecule has 0 saturated carbocycles. The van der Waals surface area contributed by atoms with Gasteiger partial charge in [0, 0.05) is 32.3 Å². The average molecular weight is 327 g/mol. The first-order valence-corrected chi connectivity index (χ1v) is 7.46. The Morgan fingerprint density at radius 3 is 2.38 bits per heavy atom. The SMILES string of the molecule is O=C(CCN(Cc1cocn1)Cc1cocn1)Nc1cccnc1. The predicted octanol–water partition coefficient (Wildman–Crippen LogP) is 2.09. The zero-order valence-corrected chi connectivity index (χ0v) is 13.0. The van der Waals surface area contributed by atoms with Crippen molar-refractivity contribution in [3.63, 3.8) is 0 Å². The summed E-state index contributed by atoms with van der Waals surface area (Å²) < 4.78 is 9.99. The number of aromatic nitrogens is 3. The molecule has 0 aromatic carbocycles. The molecular weight excluding hydrogens is 310 g/mol. The van der Waals surface area contributed by atoms with Gasteiger partial charge in [0.2, 0.25) is 5.91 Å². The third-order valence-electron chi connectivity index (χ3n) is 3.34. The van der Waals surface area contributed by atoms with Crippen molar-refractivity contribution in [2.75, 3.05) is 11.9 Å². The molecule has 8 nitrogen and oxygen atoms in total. The number of carbonyl (C=O) groups is 1. The maximum Gasteiger partial charge on any atom is 0.225 e. The van der Waals surface area contributed by atoms with Gasteiger partial charge in [-0.3, -0.25) is 14.7 Å². The minimum absolute atomic E-state index is 0.0756. The minimum atomic E-state index is -0.0756. The molecule has 0 aliphatic heterocycles. The first kappa shape index (κ1) is 15.9. The number of hydrogen-bond donors (Lipinski definition) is 1. The van der Waals surface area contributed by atoms with Gasteiger partial charge in [-0.25, -0.2) is 9.97 Å². The second kappa shape index (κ2) is 8.02. The number of amides is 1. The van der Waals surface area contributed by atoms with Gasteiger partial charge in [0.05, 0.1) is 23.3 Å². The van der Waals surface area contributed by atoms with E-state index in [2.05, 4.69) is 25.2 Å². The highest BCUT2D eigenvalue weighted by Crippen LogP contribution is 2.09. The van der Waals surface area contributed by atoms with Crippen LogP contribution in [0.1, 0.15) is 17.8 Å². The van der Waals surface area contributed by atoms with E-state index in [-0.39, 0.29) is 5.91 Å². The summed E-state index contributed by atoms with van der Waals surface area (Å²) in [5.74, 6) is -0.0756. The molecule has 0 atom stereocenters. The Labute approximate surface area is 138 Å². The zero-order valence-electron chi connectivity index (χ0n) is 13.0. The van der Waals surface area contributed by atoms with Crippen LogP contribution < -0.4 is 5.32 Å². The topological polar surface area (TPSA) is 97.3 Å². The molecule has 3 aromatic heterocycles. The molecule has 0 radical (unpaired) electrons. The first-order valence-electron chi connectivity index (χ1n) is 7.46. The summed E-state index contributed by atoms with van der Waals surface area (Å²) in [5, 5.41) is 2.82. The first-order chi connectivity index (χ1) is 11.8. The van der Waals surface area contributed by atoms with E-state index in [1.807, 2.05) is 0 Å². The zero-order chi connectivity index (χ0) is 16.6. The number of rotatable bonds is 8. The summed E-state index contributed by atoms with van der Waals surface area (Å²) in [5.41, 5.74) is 2.28. The van der Waals surface area contributed by atoms with Crippen molar-refractivity contribution in [3.8, 4) is 0 Å². The lowest BCUT2D eigenvalue weighted by Gasteiger charge is -2.19.